The van der Waals surface area contributed by atoms with E-state index in [0.29, 0.717) is 0 Å². The average Bonchev–Trinajstić information content (AvgIpc) is 2.93. The number of nitrogens with zero attached hydrogens (tertiary/aromatic N) is 1. The number of carbonyl (C=O) groups excluding carboxylic acids is 1. The number of carbonyl (C=O) groups is 1. The number of nitrogens with one attached hydrogen (secondary N) is 1. The van der Waals surface area contributed by atoms with Gasteiger partial charge >= 0.3 is 0 Å². The third kappa shape index (κ3) is 2.51. The van der Waals surface area contributed by atoms with E-state index in [4.69, 9.17) is 4.52 Å². The summed E-state index contributed by atoms with van der Waals surface area (Å²) in [5.41, 5.74) is 0.719. The van der Waals surface area contributed by atoms with Gasteiger partial charge in [-0.25, -0.2) is 0 Å². The maximum absolute atomic E-state index is 11.8. The molecule has 1 amide bonds. The van der Waals surface area contributed by atoms with Crippen molar-refractivity contribution in [3.63, 3.8) is 0 Å². The zero-order valence-electron chi connectivity index (χ0n) is 9.76. The Labute approximate surface area is 117 Å². The van der Waals surface area contributed by atoms with Crippen LogP contribution in [0.5, 0.6) is 0 Å². The van der Waals surface area contributed by atoms with Gasteiger partial charge in [0.05, 0.1) is 6.20 Å². The van der Waals surface area contributed by atoms with Crippen molar-refractivity contribution in [3.8, 4) is 0 Å². The first-order valence-corrected chi connectivity index (χ1v) is 6.43. The maximum Gasteiger partial charge on any atom is 0.294 e. The first kappa shape index (κ1) is 11.9. The van der Waals surface area contributed by atoms with Gasteiger partial charge in [0, 0.05) is 16.2 Å². The zero-order valence-corrected chi connectivity index (χ0v) is 11.3. The van der Waals surface area contributed by atoms with Gasteiger partial charge in [-0.2, -0.15) is 0 Å². The van der Waals surface area contributed by atoms with Crippen LogP contribution in [-0.2, 0) is 0 Å². The number of hydrogen-bond donors (Lipinski definition) is 1. The van der Waals surface area contributed by atoms with E-state index >= 15 is 0 Å². The number of anilines is 1. The third-order valence-electron chi connectivity index (χ3n) is 2.72. The molecule has 0 saturated heterocycles. The molecule has 1 heterocycles. The molecule has 3 rings (SSSR count). The lowest BCUT2D eigenvalue weighted by Gasteiger charge is -2.05. The van der Waals surface area contributed by atoms with Crippen molar-refractivity contribution < 1.29 is 9.32 Å². The minimum absolute atomic E-state index is 0.191. The van der Waals surface area contributed by atoms with Crippen LogP contribution in [0.25, 0.3) is 10.8 Å². The molecule has 2 aromatic carbocycles. The zero-order chi connectivity index (χ0) is 13.2. The summed E-state index contributed by atoms with van der Waals surface area (Å²) in [7, 11) is 0. The van der Waals surface area contributed by atoms with Crippen LogP contribution in [0, 0.1) is 0 Å². The van der Waals surface area contributed by atoms with Crippen LogP contribution in [-0.4, -0.2) is 11.1 Å². The summed E-state index contributed by atoms with van der Waals surface area (Å²) in [5.74, 6) is -0.120. The van der Waals surface area contributed by atoms with Gasteiger partial charge in [-0.05, 0) is 35.0 Å². The average molecular weight is 317 g/mol. The number of aromatic nitrogens is 1. The van der Waals surface area contributed by atoms with E-state index in [1.165, 1.54) is 12.3 Å². The lowest BCUT2D eigenvalue weighted by atomic mass is 10.1. The lowest BCUT2D eigenvalue weighted by Crippen LogP contribution is -2.10. The van der Waals surface area contributed by atoms with Gasteiger partial charge in [-0.3, -0.25) is 4.79 Å². The van der Waals surface area contributed by atoms with E-state index in [9.17, 15) is 4.79 Å². The van der Waals surface area contributed by atoms with Crippen LogP contribution in [0.1, 0.15) is 10.6 Å². The summed E-state index contributed by atoms with van der Waals surface area (Å²) in [5, 5.41) is 8.43. The smallest absolute Gasteiger partial charge is 0.294 e. The fraction of sp³-hybridized carbons (Fsp3) is 0. The van der Waals surface area contributed by atoms with Gasteiger partial charge in [0.25, 0.3) is 5.91 Å². The molecule has 0 aliphatic carbocycles. The summed E-state index contributed by atoms with van der Waals surface area (Å²) in [4.78, 5) is 11.8. The van der Waals surface area contributed by atoms with Crippen LogP contribution in [0.4, 0.5) is 5.69 Å². The van der Waals surface area contributed by atoms with Crippen LogP contribution >= 0.6 is 15.9 Å². The van der Waals surface area contributed by atoms with Gasteiger partial charge < -0.3 is 9.84 Å². The molecule has 4 nitrogen and oxygen atoms in total. The molecular formula is C14H9BrN2O2. The van der Waals surface area contributed by atoms with E-state index in [-0.39, 0.29) is 11.7 Å². The summed E-state index contributed by atoms with van der Waals surface area (Å²) in [6.07, 6.45) is 1.44. The number of fused-ring (bicyclic) bond motifs is 1. The highest BCUT2D eigenvalue weighted by Crippen LogP contribution is 2.23. The summed E-state index contributed by atoms with van der Waals surface area (Å²) >= 11 is 3.43. The number of hydrogen-bond acceptors (Lipinski definition) is 3. The summed E-state index contributed by atoms with van der Waals surface area (Å²) in [6.45, 7) is 0. The minimum atomic E-state index is -0.311. The standard InChI is InChI=1S/C14H9BrN2O2/c15-11-3-1-10-8-12(4-2-9(10)7-11)17-14(18)13-5-6-16-19-13/h1-8H,(H,17,18). The Morgan fingerprint density at radius 3 is 2.68 bits per heavy atom. The van der Waals surface area contributed by atoms with Crippen molar-refractivity contribution in [2.45, 2.75) is 0 Å². The summed E-state index contributed by atoms with van der Waals surface area (Å²) < 4.78 is 5.83. The Hall–Kier alpha value is -2.14. The topological polar surface area (TPSA) is 55.1 Å². The molecule has 0 fully saturated rings. The second kappa shape index (κ2) is 4.85. The Kier molecular flexibility index (Phi) is 3.05. The fourth-order valence-corrected chi connectivity index (χ4v) is 2.20. The molecule has 94 valence electrons. The van der Waals surface area contributed by atoms with Crippen molar-refractivity contribution in [1.82, 2.24) is 5.16 Å². The van der Waals surface area contributed by atoms with Crippen molar-refractivity contribution in [3.05, 3.63) is 58.9 Å². The first-order chi connectivity index (χ1) is 9.22. The van der Waals surface area contributed by atoms with E-state index in [1.54, 1.807) is 0 Å². The van der Waals surface area contributed by atoms with Crippen LogP contribution in [0.3, 0.4) is 0 Å². The van der Waals surface area contributed by atoms with Crippen LogP contribution in [0.2, 0.25) is 0 Å². The highest BCUT2D eigenvalue weighted by Gasteiger charge is 2.09. The molecule has 19 heavy (non-hydrogen) atoms. The van der Waals surface area contributed by atoms with Gasteiger partial charge in [-0.1, -0.05) is 33.2 Å². The number of rotatable bonds is 2. The molecule has 0 bridgehead atoms. The van der Waals surface area contributed by atoms with E-state index in [2.05, 4.69) is 26.4 Å². The van der Waals surface area contributed by atoms with Gasteiger partial charge in [0.2, 0.25) is 5.76 Å². The van der Waals surface area contributed by atoms with E-state index < -0.39 is 0 Å². The normalized spacial score (nSPS) is 10.6. The molecule has 1 N–H and O–H groups in total. The monoisotopic (exact) mass is 316 g/mol. The van der Waals surface area contributed by atoms with E-state index in [0.717, 1.165) is 20.9 Å². The Balaban J connectivity index is 1.89. The number of halogens is 1. The lowest BCUT2D eigenvalue weighted by molar-refractivity contribution is 0.0988. The molecule has 0 unspecified atom stereocenters. The highest BCUT2D eigenvalue weighted by molar-refractivity contribution is 9.10. The second-order valence-corrected chi connectivity index (χ2v) is 4.95. The largest absolute Gasteiger partial charge is 0.351 e. The highest BCUT2D eigenvalue weighted by atomic mass is 79.9. The van der Waals surface area contributed by atoms with Crippen molar-refractivity contribution in [2.24, 2.45) is 0 Å². The fourth-order valence-electron chi connectivity index (χ4n) is 1.82. The third-order valence-corrected chi connectivity index (χ3v) is 3.22. The van der Waals surface area contributed by atoms with Crippen LogP contribution < -0.4 is 5.32 Å². The predicted molar refractivity (Wildman–Crippen MR) is 76.1 cm³/mol. The predicted octanol–water partition coefficient (Wildman–Crippen LogP) is 3.84. The molecule has 5 heteroatoms. The Morgan fingerprint density at radius 1 is 1.11 bits per heavy atom. The van der Waals surface area contributed by atoms with E-state index in [1.807, 2.05) is 36.4 Å². The van der Waals surface area contributed by atoms with Crippen molar-refractivity contribution in [2.75, 3.05) is 5.32 Å². The maximum atomic E-state index is 11.8. The Morgan fingerprint density at radius 2 is 1.89 bits per heavy atom. The number of amides is 1. The second-order valence-electron chi connectivity index (χ2n) is 4.04. The van der Waals surface area contributed by atoms with Crippen LogP contribution in [0.15, 0.2) is 57.7 Å². The van der Waals surface area contributed by atoms with Gasteiger partial charge in [0.1, 0.15) is 0 Å². The number of benzene rings is 2. The first-order valence-electron chi connectivity index (χ1n) is 5.64. The quantitative estimate of drug-likeness (QED) is 0.781. The molecule has 3 aromatic rings. The molecule has 0 aliphatic rings. The van der Waals surface area contributed by atoms with Gasteiger partial charge in [-0.15, -0.1) is 0 Å². The molecule has 0 spiro atoms. The molecule has 0 atom stereocenters. The molecule has 1 aromatic heterocycles. The van der Waals surface area contributed by atoms with Crippen molar-refractivity contribution >= 4 is 38.3 Å². The minimum Gasteiger partial charge on any atom is -0.351 e. The Bertz CT molecular complexity index is 738. The molecule has 0 saturated carbocycles. The SMILES string of the molecule is O=C(Nc1ccc2cc(Br)ccc2c1)c1ccno1. The summed E-state index contributed by atoms with van der Waals surface area (Å²) in [6, 6.07) is 13.2. The van der Waals surface area contributed by atoms with Crippen molar-refractivity contribution in [1.29, 1.82) is 0 Å². The van der Waals surface area contributed by atoms with Gasteiger partial charge in [0.15, 0.2) is 0 Å². The molecular weight excluding hydrogens is 308 g/mol. The molecule has 0 radical (unpaired) electrons. The molecule has 0 aliphatic heterocycles.